The Morgan fingerprint density at radius 1 is 1.31 bits per heavy atom. The molecule has 2 heteroatoms. The van der Waals surface area contributed by atoms with Gasteiger partial charge in [0, 0.05) is 0 Å². The summed E-state index contributed by atoms with van der Waals surface area (Å²) >= 11 is 0. The second-order valence-electron chi connectivity index (χ2n) is 4.14. The fourth-order valence-electron chi connectivity index (χ4n) is 1.60. The Hall–Kier alpha value is -1.49. The third kappa shape index (κ3) is 3.27. The third-order valence-corrected chi connectivity index (χ3v) is 2.77. The van der Waals surface area contributed by atoms with E-state index in [1.165, 1.54) is 5.56 Å². The fourth-order valence-corrected chi connectivity index (χ4v) is 1.60. The van der Waals surface area contributed by atoms with Crippen molar-refractivity contribution in [2.75, 3.05) is 0 Å². The molecule has 0 bridgehead atoms. The van der Waals surface area contributed by atoms with Gasteiger partial charge in [-0.2, -0.15) is 5.26 Å². The molecule has 0 radical (unpaired) electrons. The monoisotopic (exact) mass is 217 g/mol. The number of nitriles is 1. The molecule has 0 amide bonds. The van der Waals surface area contributed by atoms with Gasteiger partial charge in [0.15, 0.2) is 0 Å². The van der Waals surface area contributed by atoms with Crippen molar-refractivity contribution in [2.24, 2.45) is 0 Å². The number of hydrogen-bond acceptors (Lipinski definition) is 2. The summed E-state index contributed by atoms with van der Waals surface area (Å²) in [5, 5.41) is 8.61. The van der Waals surface area contributed by atoms with E-state index in [0.717, 1.165) is 12.2 Å². The minimum atomic E-state index is -0.0461. The number of para-hydroxylation sites is 1. The molecule has 2 atom stereocenters. The molecule has 0 aliphatic heterocycles. The fraction of sp³-hybridized carbons (Fsp3) is 0.500. The highest BCUT2D eigenvalue weighted by Crippen LogP contribution is 2.29. The van der Waals surface area contributed by atoms with E-state index in [1.54, 1.807) is 0 Å². The molecule has 0 saturated carbocycles. The maximum absolute atomic E-state index is 8.61. The Balaban J connectivity index is 2.83. The maximum Gasteiger partial charge on any atom is 0.123 e. The molecule has 0 saturated heterocycles. The van der Waals surface area contributed by atoms with Gasteiger partial charge >= 0.3 is 0 Å². The molecule has 0 aliphatic carbocycles. The van der Waals surface area contributed by atoms with Gasteiger partial charge in [-0.25, -0.2) is 0 Å². The summed E-state index contributed by atoms with van der Waals surface area (Å²) in [5.41, 5.74) is 1.23. The standard InChI is InChI=1S/C14H19NO/c1-4-11(2)13-7-5-6-8-14(13)16-12(3)9-10-15/h5-8,11-12H,4,9H2,1-3H3. The van der Waals surface area contributed by atoms with Crippen molar-refractivity contribution < 1.29 is 4.74 Å². The summed E-state index contributed by atoms with van der Waals surface area (Å²) < 4.78 is 5.79. The van der Waals surface area contributed by atoms with Crippen molar-refractivity contribution in [3.05, 3.63) is 29.8 Å². The predicted octanol–water partition coefficient (Wildman–Crippen LogP) is 3.88. The SMILES string of the molecule is CCC(C)c1ccccc1OC(C)CC#N. The van der Waals surface area contributed by atoms with Crippen molar-refractivity contribution in [3.63, 3.8) is 0 Å². The van der Waals surface area contributed by atoms with E-state index in [9.17, 15) is 0 Å². The molecule has 0 N–H and O–H groups in total. The van der Waals surface area contributed by atoms with Crippen LogP contribution < -0.4 is 4.74 Å². The van der Waals surface area contributed by atoms with Crippen LogP contribution in [0.15, 0.2) is 24.3 Å². The predicted molar refractivity (Wildman–Crippen MR) is 65.5 cm³/mol. The normalized spacial score (nSPS) is 13.9. The summed E-state index contributed by atoms with van der Waals surface area (Å²) in [5.74, 6) is 1.41. The highest BCUT2D eigenvalue weighted by Gasteiger charge is 2.11. The van der Waals surface area contributed by atoms with E-state index in [0.29, 0.717) is 12.3 Å². The van der Waals surface area contributed by atoms with E-state index in [2.05, 4.69) is 26.0 Å². The molecule has 2 nitrogen and oxygen atoms in total. The first-order chi connectivity index (χ1) is 7.69. The Labute approximate surface area is 97.9 Å². The molecule has 1 aromatic carbocycles. The Bertz CT molecular complexity index is 367. The van der Waals surface area contributed by atoms with E-state index < -0.39 is 0 Å². The summed E-state index contributed by atoms with van der Waals surface area (Å²) in [4.78, 5) is 0. The third-order valence-electron chi connectivity index (χ3n) is 2.77. The quantitative estimate of drug-likeness (QED) is 0.749. The zero-order valence-electron chi connectivity index (χ0n) is 10.2. The maximum atomic E-state index is 8.61. The molecule has 1 aromatic rings. The number of nitrogens with zero attached hydrogens (tertiary/aromatic N) is 1. The lowest BCUT2D eigenvalue weighted by molar-refractivity contribution is 0.224. The van der Waals surface area contributed by atoms with Crippen molar-refractivity contribution in [1.82, 2.24) is 0 Å². The van der Waals surface area contributed by atoms with Crippen LogP contribution in [-0.4, -0.2) is 6.10 Å². The van der Waals surface area contributed by atoms with Crippen LogP contribution in [0.5, 0.6) is 5.75 Å². The average Bonchev–Trinajstić information content (AvgIpc) is 2.29. The molecule has 1 rings (SSSR count). The van der Waals surface area contributed by atoms with Crippen molar-refractivity contribution in [3.8, 4) is 11.8 Å². The molecule has 0 fully saturated rings. The summed E-state index contributed by atoms with van der Waals surface area (Å²) in [6.07, 6.45) is 1.47. The van der Waals surface area contributed by atoms with Gasteiger partial charge in [0.05, 0.1) is 12.5 Å². The van der Waals surface area contributed by atoms with Gasteiger partial charge in [-0.1, -0.05) is 32.0 Å². The zero-order valence-corrected chi connectivity index (χ0v) is 10.2. The van der Waals surface area contributed by atoms with Gasteiger partial charge < -0.3 is 4.74 Å². The van der Waals surface area contributed by atoms with Crippen LogP contribution >= 0.6 is 0 Å². The molecule has 0 spiro atoms. The first-order valence-electron chi connectivity index (χ1n) is 5.81. The molecule has 0 aromatic heterocycles. The van der Waals surface area contributed by atoms with Crippen molar-refractivity contribution in [2.45, 2.75) is 45.6 Å². The Morgan fingerprint density at radius 3 is 2.62 bits per heavy atom. The second-order valence-corrected chi connectivity index (χ2v) is 4.14. The second kappa shape index (κ2) is 6.17. The van der Waals surface area contributed by atoms with E-state index in [4.69, 9.17) is 10.00 Å². The summed E-state index contributed by atoms with van der Waals surface area (Å²) in [6.45, 7) is 6.29. The Morgan fingerprint density at radius 2 is 2.00 bits per heavy atom. The molecule has 86 valence electrons. The minimum Gasteiger partial charge on any atom is -0.489 e. The lowest BCUT2D eigenvalue weighted by Crippen LogP contribution is -2.12. The molecule has 2 unspecified atom stereocenters. The van der Waals surface area contributed by atoms with Gasteiger partial charge in [0.1, 0.15) is 11.9 Å². The zero-order chi connectivity index (χ0) is 12.0. The smallest absolute Gasteiger partial charge is 0.123 e. The van der Waals surface area contributed by atoms with E-state index >= 15 is 0 Å². The first-order valence-corrected chi connectivity index (χ1v) is 5.81. The number of rotatable bonds is 5. The van der Waals surface area contributed by atoms with E-state index in [-0.39, 0.29) is 6.10 Å². The lowest BCUT2D eigenvalue weighted by Gasteiger charge is -2.18. The van der Waals surface area contributed by atoms with Crippen LogP contribution in [0.4, 0.5) is 0 Å². The van der Waals surface area contributed by atoms with Gasteiger partial charge in [0.2, 0.25) is 0 Å². The van der Waals surface area contributed by atoms with Crippen LogP contribution in [0, 0.1) is 11.3 Å². The van der Waals surface area contributed by atoms with Crippen LogP contribution in [0.3, 0.4) is 0 Å². The van der Waals surface area contributed by atoms with Gasteiger partial charge in [-0.15, -0.1) is 0 Å². The van der Waals surface area contributed by atoms with Crippen LogP contribution in [-0.2, 0) is 0 Å². The van der Waals surface area contributed by atoms with Crippen LogP contribution in [0.1, 0.15) is 45.1 Å². The highest BCUT2D eigenvalue weighted by atomic mass is 16.5. The molecule has 16 heavy (non-hydrogen) atoms. The number of hydrogen-bond donors (Lipinski definition) is 0. The average molecular weight is 217 g/mol. The topological polar surface area (TPSA) is 33.0 Å². The van der Waals surface area contributed by atoms with Gasteiger partial charge in [-0.05, 0) is 30.9 Å². The van der Waals surface area contributed by atoms with Gasteiger partial charge in [-0.3, -0.25) is 0 Å². The Kier molecular flexibility index (Phi) is 4.85. The largest absolute Gasteiger partial charge is 0.489 e. The van der Waals surface area contributed by atoms with Crippen LogP contribution in [0.2, 0.25) is 0 Å². The highest BCUT2D eigenvalue weighted by molar-refractivity contribution is 5.36. The minimum absolute atomic E-state index is 0.0461. The summed E-state index contributed by atoms with van der Waals surface area (Å²) in [6, 6.07) is 10.2. The van der Waals surface area contributed by atoms with Crippen molar-refractivity contribution >= 4 is 0 Å². The van der Waals surface area contributed by atoms with E-state index in [1.807, 2.05) is 25.1 Å². The molecular formula is C14H19NO. The molecule has 0 heterocycles. The molecular weight excluding hydrogens is 198 g/mol. The molecule has 0 aliphatic rings. The van der Waals surface area contributed by atoms with Gasteiger partial charge in [0.25, 0.3) is 0 Å². The summed E-state index contributed by atoms with van der Waals surface area (Å²) in [7, 11) is 0. The number of ether oxygens (including phenoxy) is 1. The first kappa shape index (κ1) is 12.6. The van der Waals surface area contributed by atoms with Crippen molar-refractivity contribution in [1.29, 1.82) is 5.26 Å². The lowest BCUT2D eigenvalue weighted by atomic mass is 9.98. The van der Waals surface area contributed by atoms with Crippen LogP contribution in [0.25, 0.3) is 0 Å². The number of benzene rings is 1.